The number of hydrogen-bond acceptors (Lipinski definition) is 2. The molecule has 2 rings (SSSR count). The van der Waals surface area contributed by atoms with Crippen LogP contribution in [-0.2, 0) is 6.42 Å². The smallest absolute Gasteiger partial charge is 0.107 e. The molecule has 1 unspecified atom stereocenters. The van der Waals surface area contributed by atoms with Crippen LogP contribution in [-0.4, -0.2) is 0 Å². The van der Waals surface area contributed by atoms with Crippen LogP contribution < -0.4 is 5.73 Å². The van der Waals surface area contributed by atoms with Crippen molar-refractivity contribution in [3.05, 3.63) is 55.1 Å². The van der Waals surface area contributed by atoms with Crippen molar-refractivity contribution in [1.82, 2.24) is 0 Å². The van der Waals surface area contributed by atoms with Crippen LogP contribution in [0.1, 0.15) is 22.0 Å². The fourth-order valence-corrected chi connectivity index (χ4v) is 3.46. The highest BCUT2D eigenvalue weighted by Crippen LogP contribution is 2.35. The van der Waals surface area contributed by atoms with Gasteiger partial charge >= 0.3 is 0 Å². The predicted molar refractivity (Wildman–Crippen MR) is 78.8 cm³/mol. The monoisotopic (exact) mass is 329 g/mol. The topological polar surface area (TPSA) is 26.0 Å². The van der Waals surface area contributed by atoms with E-state index < -0.39 is 0 Å². The lowest BCUT2D eigenvalue weighted by Crippen LogP contribution is -2.12. The number of rotatable bonds is 3. The van der Waals surface area contributed by atoms with Crippen LogP contribution in [0, 0.1) is 6.92 Å². The van der Waals surface area contributed by atoms with E-state index in [4.69, 9.17) is 17.3 Å². The molecule has 0 spiro atoms. The average Bonchev–Trinajstić information content (AvgIpc) is 2.63. The van der Waals surface area contributed by atoms with E-state index in [2.05, 4.69) is 35.0 Å². The Balaban J connectivity index is 2.17. The van der Waals surface area contributed by atoms with Gasteiger partial charge in [-0.1, -0.05) is 35.9 Å². The Morgan fingerprint density at radius 1 is 1.41 bits per heavy atom. The van der Waals surface area contributed by atoms with E-state index >= 15 is 0 Å². The van der Waals surface area contributed by atoms with Gasteiger partial charge in [-0.2, -0.15) is 0 Å². The lowest BCUT2D eigenvalue weighted by molar-refractivity contribution is 0.733. The predicted octanol–water partition coefficient (Wildman–Crippen LogP) is 4.71. The molecule has 0 aliphatic heterocycles. The molecule has 0 saturated heterocycles. The molecular weight excluding hydrogens is 318 g/mol. The molecule has 4 heteroatoms. The van der Waals surface area contributed by atoms with Gasteiger partial charge in [-0.05, 0) is 46.5 Å². The maximum Gasteiger partial charge on any atom is 0.107 e. The van der Waals surface area contributed by atoms with Gasteiger partial charge in [0.2, 0.25) is 0 Å². The molecule has 2 N–H and O–H groups in total. The Morgan fingerprint density at radius 3 is 2.71 bits per heavy atom. The molecule has 1 aromatic heterocycles. The fraction of sp³-hybridized carbons (Fsp3) is 0.231. The normalized spacial score (nSPS) is 12.7. The van der Waals surface area contributed by atoms with Crippen molar-refractivity contribution in [1.29, 1.82) is 0 Å². The SMILES string of the molecule is Cc1ccccc1CC(N)c1cc(Br)c(Cl)s1. The van der Waals surface area contributed by atoms with Crippen LogP contribution in [0.25, 0.3) is 0 Å². The summed E-state index contributed by atoms with van der Waals surface area (Å²) in [7, 11) is 0. The van der Waals surface area contributed by atoms with Crippen molar-refractivity contribution in [3.8, 4) is 0 Å². The van der Waals surface area contributed by atoms with Gasteiger partial charge in [-0.25, -0.2) is 0 Å². The van der Waals surface area contributed by atoms with Gasteiger partial charge in [0, 0.05) is 15.4 Å². The molecule has 0 fully saturated rings. The Morgan fingerprint density at radius 2 is 2.12 bits per heavy atom. The fourth-order valence-electron chi connectivity index (χ4n) is 1.72. The third-order valence-corrected chi connectivity index (χ3v) is 5.34. The molecule has 0 aliphatic carbocycles. The van der Waals surface area contributed by atoms with Crippen LogP contribution in [0.15, 0.2) is 34.8 Å². The van der Waals surface area contributed by atoms with E-state index in [1.54, 1.807) is 11.3 Å². The van der Waals surface area contributed by atoms with Crippen LogP contribution in [0.4, 0.5) is 0 Å². The molecule has 2 aromatic rings. The van der Waals surface area contributed by atoms with Crippen molar-refractivity contribution in [2.24, 2.45) is 5.73 Å². The molecule has 0 radical (unpaired) electrons. The summed E-state index contributed by atoms with van der Waals surface area (Å²) in [4.78, 5) is 1.12. The molecule has 0 aliphatic rings. The van der Waals surface area contributed by atoms with E-state index in [0.29, 0.717) is 0 Å². The molecule has 1 atom stereocenters. The zero-order valence-electron chi connectivity index (χ0n) is 9.41. The zero-order chi connectivity index (χ0) is 12.4. The molecule has 0 bridgehead atoms. The first-order valence-electron chi connectivity index (χ1n) is 5.32. The number of thiophene rings is 1. The summed E-state index contributed by atoms with van der Waals surface area (Å²) in [6.45, 7) is 2.11. The van der Waals surface area contributed by atoms with Gasteiger partial charge in [0.25, 0.3) is 0 Å². The Kier molecular flexibility index (Phi) is 4.26. The molecular formula is C13H13BrClNS. The Hall–Kier alpha value is -0.350. The summed E-state index contributed by atoms with van der Waals surface area (Å²) < 4.78 is 1.69. The van der Waals surface area contributed by atoms with Crippen LogP contribution in [0.3, 0.4) is 0 Å². The largest absolute Gasteiger partial charge is 0.323 e. The first kappa shape index (κ1) is 13.1. The quantitative estimate of drug-likeness (QED) is 0.866. The summed E-state index contributed by atoms with van der Waals surface area (Å²) in [5, 5.41) is 0. The van der Waals surface area contributed by atoms with E-state index in [1.165, 1.54) is 11.1 Å². The van der Waals surface area contributed by atoms with Gasteiger partial charge in [-0.3, -0.25) is 0 Å². The Bertz CT molecular complexity index is 504. The zero-order valence-corrected chi connectivity index (χ0v) is 12.6. The lowest BCUT2D eigenvalue weighted by atomic mass is 10.0. The van der Waals surface area contributed by atoms with Gasteiger partial charge in [0.05, 0.1) is 0 Å². The minimum Gasteiger partial charge on any atom is -0.323 e. The molecule has 1 aromatic carbocycles. The average molecular weight is 331 g/mol. The third kappa shape index (κ3) is 3.10. The van der Waals surface area contributed by atoms with E-state index in [1.807, 2.05) is 18.2 Å². The maximum atomic E-state index is 6.21. The molecule has 1 nitrogen and oxygen atoms in total. The van der Waals surface area contributed by atoms with Crippen LogP contribution >= 0.6 is 38.9 Å². The van der Waals surface area contributed by atoms with Gasteiger partial charge in [0.1, 0.15) is 4.34 Å². The Labute approximate surface area is 119 Å². The van der Waals surface area contributed by atoms with Gasteiger partial charge < -0.3 is 5.73 Å². The van der Waals surface area contributed by atoms with Crippen molar-refractivity contribution in [2.75, 3.05) is 0 Å². The summed E-state index contributed by atoms with van der Waals surface area (Å²) in [5.74, 6) is 0. The van der Waals surface area contributed by atoms with Crippen molar-refractivity contribution >= 4 is 38.9 Å². The van der Waals surface area contributed by atoms with E-state index in [9.17, 15) is 0 Å². The summed E-state index contributed by atoms with van der Waals surface area (Å²) in [6.07, 6.45) is 0.843. The third-order valence-electron chi connectivity index (χ3n) is 2.73. The number of nitrogens with two attached hydrogens (primary N) is 1. The van der Waals surface area contributed by atoms with Crippen LogP contribution in [0.5, 0.6) is 0 Å². The molecule has 0 saturated carbocycles. The molecule has 17 heavy (non-hydrogen) atoms. The van der Waals surface area contributed by atoms with E-state index in [0.717, 1.165) is 20.1 Å². The summed E-state index contributed by atoms with van der Waals surface area (Å²) in [5.41, 5.74) is 8.78. The first-order valence-corrected chi connectivity index (χ1v) is 7.31. The standard InChI is InChI=1S/C13H13BrClNS/c1-8-4-2-3-5-9(8)6-11(16)12-7-10(14)13(15)17-12/h2-5,7,11H,6,16H2,1H3. The number of hydrogen-bond donors (Lipinski definition) is 1. The minimum atomic E-state index is 0.00454. The second kappa shape index (κ2) is 5.53. The number of halogens is 2. The molecule has 1 heterocycles. The molecule has 0 amide bonds. The van der Waals surface area contributed by atoms with E-state index in [-0.39, 0.29) is 6.04 Å². The number of aryl methyl sites for hydroxylation is 1. The van der Waals surface area contributed by atoms with Crippen molar-refractivity contribution in [3.63, 3.8) is 0 Å². The van der Waals surface area contributed by atoms with Gasteiger partial charge in [0.15, 0.2) is 0 Å². The van der Waals surface area contributed by atoms with Crippen LogP contribution in [0.2, 0.25) is 4.34 Å². The number of benzene rings is 1. The highest BCUT2D eigenvalue weighted by Gasteiger charge is 2.13. The minimum absolute atomic E-state index is 0.00454. The first-order chi connectivity index (χ1) is 8.08. The lowest BCUT2D eigenvalue weighted by Gasteiger charge is -2.11. The highest BCUT2D eigenvalue weighted by molar-refractivity contribution is 9.10. The summed E-state index contributed by atoms with van der Waals surface area (Å²) in [6, 6.07) is 10.3. The van der Waals surface area contributed by atoms with Gasteiger partial charge in [-0.15, -0.1) is 11.3 Å². The summed E-state index contributed by atoms with van der Waals surface area (Å²) >= 11 is 11.0. The van der Waals surface area contributed by atoms with Crippen molar-refractivity contribution in [2.45, 2.75) is 19.4 Å². The highest BCUT2D eigenvalue weighted by atomic mass is 79.9. The maximum absolute atomic E-state index is 6.21. The second-order valence-electron chi connectivity index (χ2n) is 4.01. The van der Waals surface area contributed by atoms with Crippen molar-refractivity contribution < 1.29 is 0 Å². The molecule has 90 valence electrons. The second-order valence-corrected chi connectivity index (χ2v) is 6.55.